The number of rotatable bonds is 8. The molecule has 1 aliphatic heterocycles. The summed E-state index contributed by atoms with van der Waals surface area (Å²) in [6, 6.07) is 8.38. The molecular formula is C19H28IN5O2S. The minimum atomic E-state index is 0. The molecule has 2 aromatic rings. The Kier molecular flexibility index (Phi) is 10.5. The Hall–Kier alpha value is -1.43. The van der Waals surface area contributed by atoms with Gasteiger partial charge in [-0.2, -0.15) is 0 Å². The molecule has 2 aromatic heterocycles. The van der Waals surface area contributed by atoms with Crippen molar-refractivity contribution in [2.24, 2.45) is 4.99 Å². The average molecular weight is 517 g/mol. The van der Waals surface area contributed by atoms with Gasteiger partial charge in [-0.25, -0.2) is 0 Å². The second-order valence-electron chi connectivity index (χ2n) is 6.10. The zero-order chi connectivity index (χ0) is 18.7. The SMILES string of the molecule is CN=C(NCCOc1cccnc1)NCC(c1cccs1)N1CCOCC1.I. The van der Waals surface area contributed by atoms with Gasteiger partial charge in [0.1, 0.15) is 12.4 Å². The minimum absolute atomic E-state index is 0. The van der Waals surface area contributed by atoms with Crippen molar-refractivity contribution >= 4 is 41.3 Å². The van der Waals surface area contributed by atoms with Gasteiger partial charge in [-0.1, -0.05) is 6.07 Å². The molecule has 1 atom stereocenters. The zero-order valence-corrected chi connectivity index (χ0v) is 19.2. The molecule has 0 aromatic carbocycles. The fourth-order valence-corrected chi connectivity index (χ4v) is 3.83. The maximum absolute atomic E-state index is 5.65. The molecule has 3 rings (SSSR count). The minimum Gasteiger partial charge on any atom is -0.490 e. The van der Waals surface area contributed by atoms with Gasteiger partial charge < -0.3 is 20.1 Å². The topological polar surface area (TPSA) is 71.0 Å². The number of hydrogen-bond acceptors (Lipinski definition) is 6. The molecule has 1 saturated heterocycles. The molecule has 28 heavy (non-hydrogen) atoms. The third kappa shape index (κ3) is 7.19. The van der Waals surface area contributed by atoms with Crippen LogP contribution in [0.2, 0.25) is 0 Å². The van der Waals surface area contributed by atoms with Crippen molar-refractivity contribution in [3.8, 4) is 5.75 Å². The second-order valence-corrected chi connectivity index (χ2v) is 7.08. The molecule has 0 aliphatic carbocycles. The average Bonchev–Trinajstić information content (AvgIpc) is 3.26. The highest BCUT2D eigenvalue weighted by Crippen LogP contribution is 2.25. The van der Waals surface area contributed by atoms with Crippen LogP contribution in [0.5, 0.6) is 5.75 Å². The maximum atomic E-state index is 5.65. The number of pyridine rings is 1. The third-order valence-corrected chi connectivity index (χ3v) is 5.32. The fraction of sp³-hybridized carbons (Fsp3) is 0.474. The highest BCUT2D eigenvalue weighted by Gasteiger charge is 2.23. The van der Waals surface area contributed by atoms with Gasteiger partial charge in [-0.3, -0.25) is 14.9 Å². The van der Waals surface area contributed by atoms with E-state index in [1.54, 1.807) is 30.8 Å². The molecule has 0 amide bonds. The van der Waals surface area contributed by atoms with E-state index in [4.69, 9.17) is 9.47 Å². The summed E-state index contributed by atoms with van der Waals surface area (Å²) in [5.41, 5.74) is 0. The van der Waals surface area contributed by atoms with Crippen LogP contribution in [0.4, 0.5) is 0 Å². The summed E-state index contributed by atoms with van der Waals surface area (Å²) < 4.78 is 11.2. The number of nitrogens with zero attached hydrogens (tertiary/aromatic N) is 3. The molecule has 1 fully saturated rings. The molecule has 1 aliphatic rings. The first-order valence-corrected chi connectivity index (χ1v) is 10.1. The summed E-state index contributed by atoms with van der Waals surface area (Å²) in [5, 5.41) is 8.88. The van der Waals surface area contributed by atoms with E-state index < -0.39 is 0 Å². The van der Waals surface area contributed by atoms with E-state index in [1.165, 1.54) is 4.88 Å². The Labute approximate surface area is 187 Å². The van der Waals surface area contributed by atoms with E-state index in [0.717, 1.165) is 44.6 Å². The van der Waals surface area contributed by atoms with Crippen molar-refractivity contribution in [2.75, 3.05) is 53.0 Å². The van der Waals surface area contributed by atoms with E-state index in [-0.39, 0.29) is 24.0 Å². The molecule has 3 heterocycles. The number of halogens is 1. The molecule has 154 valence electrons. The summed E-state index contributed by atoms with van der Waals surface area (Å²) in [6.45, 7) is 5.50. The van der Waals surface area contributed by atoms with Crippen molar-refractivity contribution in [3.63, 3.8) is 0 Å². The second kappa shape index (κ2) is 12.9. The monoisotopic (exact) mass is 517 g/mol. The number of morpholine rings is 1. The van der Waals surface area contributed by atoms with Crippen LogP contribution in [0.1, 0.15) is 10.9 Å². The number of guanidine groups is 1. The van der Waals surface area contributed by atoms with E-state index in [9.17, 15) is 0 Å². The highest BCUT2D eigenvalue weighted by molar-refractivity contribution is 14.0. The number of aliphatic imine (C=N–C) groups is 1. The fourth-order valence-electron chi connectivity index (χ4n) is 2.96. The molecule has 0 bridgehead atoms. The summed E-state index contributed by atoms with van der Waals surface area (Å²) in [4.78, 5) is 12.2. The van der Waals surface area contributed by atoms with Gasteiger partial charge in [0.05, 0.1) is 32.0 Å². The standard InChI is InChI=1S/C19H27N5O2S.HI/c1-20-19(22-7-10-26-16-4-2-6-21-14-16)23-15-17(18-5-3-13-27-18)24-8-11-25-12-9-24;/h2-6,13-14,17H,7-12,15H2,1H3,(H2,20,22,23);1H. The van der Waals surface area contributed by atoms with Gasteiger partial charge in [-0.05, 0) is 23.6 Å². The lowest BCUT2D eigenvalue weighted by atomic mass is 10.2. The normalized spacial score (nSPS) is 16.1. The van der Waals surface area contributed by atoms with Crippen LogP contribution in [0, 0.1) is 0 Å². The van der Waals surface area contributed by atoms with Gasteiger partial charge >= 0.3 is 0 Å². The van der Waals surface area contributed by atoms with Crippen molar-refractivity contribution in [3.05, 3.63) is 46.9 Å². The van der Waals surface area contributed by atoms with Crippen molar-refractivity contribution in [1.82, 2.24) is 20.5 Å². The van der Waals surface area contributed by atoms with Crippen LogP contribution >= 0.6 is 35.3 Å². The first-order valence-electron chi connectivity index (χ1n) is 9.19. The van der Waals surface area contributed by atoms with Crippen LogP contribution in [-0.2, 0) is 4.74 Å². The Bertz CT molecular complexity index is 681. The van der Waals surface area contributed by atoms with Gasteiger partial charge in [-0.15, -0.1) is 35.3 Å². The smallest absolute Gasteiger partial charge is 0.191 e. The Morgan fingerprint density at radius 3 is 2.86 bits per heavy atom. The Morgan fingerprint density at radius 1 is 1.32 bits per heavy atom. The number of hydrogen-bond donors (Lipinski definition) is 2. The molecule has 0 spiro atoms. The van der Waals surface area contributed by atoms with Gasteiger partial charge in [0.15, 0.2) is 5.96 Å². The summed E-state index contributed by atoms with van der Waals surface area (Å²) >= 11 is 1.79. The van der Waals surface area contributed by atoms with Gasteiger partial charge in [0, 0.05) is 37.8 Å². The van der Waals surface area contributed by atoms with Crippen LogP contribution < -0.4 is 15.4 Å². The molecule has 1 unspecified atom stereocenters. The van der Waals surface area contributed by atoms with Crippen molar-refractivity contribution in [2.45, 2.75) is 6.04 Å². The van der Waals surface area contributed by atoms with Crippen LogP contribution in [-0.4, -0.2) is 68.9 Å². The predicted octanol–water partition coefficient (Wildman–Crippen LogP) is 2.38. The maximum Gasteiger partial charge on any atom is 0.191 e. The summed E-state index contributed by atoms with van der Waals surface area (Å²) in [5.74, 6) is 1.55. The molecular weight excluding hydrogens is 489 g/mol. The lowest BCUT2D eigenvalue weighted by Crippen LogP contribution is -2.46. The third-order valence-electron chi connectivity index (χ3n) is 4.34. The van der Waals surface area contributed by atoms with Crippen LogP contribution in [0.25, 0.3) is 0 Å². The molecule has 9 heteroatoms. The van der Waals surface area contributed by atoms with E-state index >= 15 is 0 Å². The lowest BCUT2D eigenvalue weighted by molar-refractivity contribution is 0.0177. The first kappa shape index (κ1) is 22.9. The van der Waals surface area contributed by atoms with Crippen molar-refractivity contribution < 1.29 is 9.47 Å². The summed E-state index contributed by atoms with van der Waals surface area (Å²) in [6.07, 6.45) is 3.44. The quantitative estimate of drug-likeness (QED) is 0.243. The molecule has 0 saturated carbocycles. The van der Waals surface area contributed by atoms with E-state index in [0.29, 0.717) is 19.2 Å². The van der Waals surface area contributed by atoms with Crippen LogP contribution in [0.15, 0.2) is 47.0 Å². The van der Waals surface area contributed by atoms with Crippen molar-refractivity contribution in [1.29, 1.82) is 0 Å². The number of thiophene rings is 1. The van der Waals surface area contributed by atoms with Crippen LogP contribution in [0.3, 0.4) is 0 Å². The molecule has 0 radical (unpaired) electrons. The van der Waals surface area contributed by atoms with E-state index in [1.807, 2.05) is 12.1 Å². The number of nitrogens with one attached hydrogen (secondary N) is 2. The number of ether oxygens (including phenoxy) is 2. The highest BCUT2D eigenvalue weighted by atomic mass is 127. The Morgan fingerprint density at radius 2 is 2.18 bits per heavy atom. The number of aromatic nitrogens is 1. The Balaban J connectivity index is 0.00000280. The lowest BCUT2D eigenvalue weighted by Gasteiger charge is -2.34. The summed E-state index contributed by atoms with van der Waals surface area (Å²) in [7, 11) is 1.78. The largest absolute Gasteiger partial charge is 0.490 e. The van der Waals surface area contributed by atoms with E-state index in [2.05, 4.69) is 43.0 Å². The predicted molar refractivity (Wildman–Crippen MR) is 124 cm³/mol. The molecule has 7 nitrogen and oxygen atoms in total. The zero-order valence-electron chi connectivity index (χ0n) is 16.0. The van der Waals surface area contributed by atoms with Gasteiger partial charge in [0.2, 0.25) is 0 Å². The first-order chi connectivity index (χ1) is 13.4. The van der Waals surface area contributed by atoms with Gasteiger partial charge in [0.25, 0.3) is 0 Å². The molecule has 2 N–H and O–H groups in total.